The Balaban J connectivity index is 1.34. The molecule has 0 radical (unpaired) electrons. The molecule has 134 valence electrons. The molecule has 2 aliphatic heterocycles. The van der Waals surface area contributed by atoms with Crippen molar-refractivity contribution >= 4 is 0 Å². The summed E-state index contributed by atoms with van der Waals surface area (Å²) in [6, 6.07) is 8.23. The van der Waals surface area contributed by atoms with Crippen molar-refractivity contribution in [3.8, 4) is 11.5 Å². The summed E-state index contributed by atoms with van der Waals surface area (Å²) in [6.07, 6.45) is 0.939. The van der Waals surface area contributed by atoms with E-state index in [4.69, 9.17) is 14.0 Å². The van der Waals surface area contributed by atoms with Crippen molar-refractivity contribution in [1.82, 2.24) is 15.0 Å². The Morgan fingerprint density at radius 3 is 2.52 bits per heavy atom. The van der Waals surface area contributed by atoms with Gasteiger partial charge in [-0.3, -0.25) is 9.80 Å². The van der Waals surface area contributed by atoms with Crippen LogP contribution in [0.5, 0.6) is 11.5 Å². The first kappa shape index (κ1) is 16.4. The summed E-state index contributed by atoms with van der Waals surface area (Å²) in [5.41, 5.74) is 2.24. The van der Waals surface area contributed by atoms with Crippen molar-refractivity contribution in [1.29, 1.82) is 0 Å². The van der Waals surface area contributed by atoms with Crippen molar-refractivity contribution < 1.29 is 14.0 Å². The third kappa shape index (κ3) is 3.96. The lowest BCUT2D eigenvalue weighted by atomic mass is 10.1. The Bertz CT molecular complexity index is 708. The molecule has 6 nitrogen and oxygen atoms in total. The number of hydrogen-bond donors (Lipinski definition) is 0. The summed E-state index contributed by atoms with van der Waals surface area (Å²) in [7, 11) is 0. The predicted molar refractivity (Wildman–Crippen MR) is 93.8 cm³/mol. The Hall–Kier alpha value is -2.05. The van der Waals surface area contributed by atoms with Gasteiger partial charge in [-0.15, -0.1) is 0 Å². The van der Waals surface area contributed by atoms with Crippen LogP contribution in [0, 0.1) is 6.92 Å². The predicted octanol–water partition coefficient (Wildman–Crippen LogP) is 2.46. The van der Waals surface area contributed by atoms with Crippen LogP contribution < -0.4 is 9.47 Å². The summed E-state index contributed by atoms with van der Waals surface area (Å²) >= 11 is 0. The highest BCUT2D eigenvalue weighted by molar-refractivity contribution is 5.47. The van der Waals surface area contributed by atoms with Gasteiger partial charge in [0.05, 0.1) is 18.9 Å². The van der Waals surface area contributed by atoms with Crippen molar-refractivity contribution in [3.05, 3.63) is 41.3 Å². The van der Waals surface area contributed by atoms with Gasteiger partial charge >= 0.3 is 0 Å². The standard InChI is InChI=1S/C19H25N3O3/c1-15-12-17(20-25-15)14-22-8-6-21(7-9-22)13-16-4-2-5-18-19(16)24-11-3-10-23-18/h2,4-5,12H,3,6-11,13-14H2,1H3. The van der Waals surface area contributed by atoms with Crippen molar-refractivity contribution in [2.45, 2.75) is 26.4 Å². The van der Waals surface area contributed by atoms with Gasteiger partial charge in [0.25, 0.3) is 0 Å². The molecule has 4 rings (SSSR count). The van der Waals surface area contributed by atoms with Crippen molar-refractivity contribution in [3.63, 3.8) is 0 Å². The summed E-state index contributed by atoms with van der Waals surface area (Å²) in [5.74, 6) is 2.69. The molecular weight excluding hydrogens is 318 g/mol. The van der Waals surface area contributed by atoms with E-state index in [1.807, 2.05) is 19.1 Å². The van der Waals surface area contributed by atoms with Crippen LogP contribution in [0.25, 0.3) is 0 Å². The van der Waals surface area contributed by atoms with Crippen LogP contribution in [0.4, 0.5) is 0 Å². The smallest absolute Gasteiger partial charge is 0.165 e. The number of nitrogens with zero attached hydrogens (tertiary/aromatic N) is 3. The van der Waals surface area contributed by atoms with E-state index in [-0.39, 0.29) is 0 Å². The zero-order valence-corrected chi connectivity index (χ0v) is 14.7. The van der Waals surface area contributed by atoms with Gasteiger partial charge in [0.2, 0.25) is 0 Å². The van der Waals surface area contributed by atoms with Gasteiger partial charge in [-0.2, -0.15) is 0 Å². The number of ether oxygens (including phenoxy) is 2. The molecule has 1 aromatic carbocycles. The maximum atomic E-state index is 5.94. The quantitative estimate of drug-likeness (QED) is 0.850. The molecule has 0 amide bonds. The molecule has 25 heavy (non-hydrogen) atoms. The fraction of sp³-hybridized carbons (Fsp3) is 0.526. The van der Waals surface area contributed by atoms with Crippen LogP contribution in [0.3, 0.4) is 0 Å². The first-order valence-corrected chi connectivity index (χ1v) is 9.02. The molecule has 0 aliphatic carbocycles. The number of para-hydroxylation sites is 1. The second kappa shape index (κ2) is 7.45. The third-order valence-electron chi connectivity index (χ3n) is 4.77. The van der Waals surface area contributed by atoms with Gasteiger partial charge in [0.1, 0.15) is 5.76 Å². The van der Waals surface area contributed by atoms with E-state index in [1.54, 1.807) is 0 Å². The summed E-state index contributed by atoms with van der Waals surface area (Å²) < 4.78 is 16.9. The van der Waals surface area contributed by atoms with Gasteiger partial charge < -0.3 is 14.0 Å². The topological polar surface area (TPSA) is 51.0 Å². The number of hydrogen-bond acceptors (Lipinski definition) is 6. The first-order chi connectivity index (χ1) is 12.3. The molecule has 0 N–H and O–H groups in total. The number of benzene rings is 1. The van der Waals surface area contributed by atoms with E-state index < -0.39 is 0 Å². The Kier molecular flexibility index (Phi) is 4.90. The fourth-order valence-corrected chi connectivity index (χ4v) is 3.45. The third-order valence-corrected chi connectivity index (χ3v) is 4.77. The van der Waals surface area contributed by atoms with E-state index in [9.17, 15) is 0 Å². The highest BCUT2D eigenvalue weighted by atomic mass is 16.5. The number of aryl methyl sites for hydroxylation is 1. The van der Waals surface area contributed by atoms with Crippen LogP contribution in [0.1, 0.15) is 23.4 Å². The average molecular weight is 343 g/mol. The monoisotopic (exact) mass is 343 g/mol. The number of fused-ring (bicyclic) bond motifs is 1. The molecule has 0 atom stereocenters. The highest BCUT2D eigenvalue weighted by Gasteiger charge is 2.21. The minimum absolute atomic E-state index is 0.731. The van der Waals surface area contributed by atoms with Crippen LogP contribution in [0.15, 0.2) is 28.8 Å². The highest BCUT2D eigenvalue weighted by Crippen LogP contribution is 2.34. The van der Waals surface area contributed by atoms with Crippen LogP contribution >= 0.6 is 0 Å². The van der Waals surface area contributed by atoms with Gasteiger partial charge in [-0.25, -0.2) is 0 Å². The lowest BCUT2D eigenvalue weighted by Crippen LogP contribution is -2.45. The van der Waals surface area contributed by atoms with Crippen LogP contribution in [0.2, 0.25) is 0 Å². The second-order valence-corrected chi connectivity index (χ2v) is 6.78. The minimum Gasteiger partial charge on any atom is -0.490 e. The number of aromatic nitrogens is 1. The molecular formula is C19H25N3O3. The van der Waals surface area contributed by atoms with Gasteiger partial charge in [0, 0.05) is 57.3 Å². The Morgan fingerprint density at radius 2 is 1.76 bits per heavy atom. The molecule has 0 spiro atoms. The van der Waals surface area contributed by atoms with E-state index in [0.717, 1.165) is 81.9 Å². The molecule has 1 aromatic heterocycles. The molecule has 0 saturated carbocycles. The maximum Gasteiger partial charge on any atom is 0.165 e. The molecule has 1 saturated heterocycles. The molecule has 2 aromatic rings. The van der Waals surface area contributed by atoms with Crippen LogP contribution in [-0.4, -0.2) is 54.3 Å². The van der Waals surface area contributed by atoms with E-state index in [1.165, 1.54) is 5.56 Å². The summed E-state index contributed by atoms with van der Waals surface area (Å²) in [5, 5.41) is 4.09. The molecule has 0 bridgehead atoms. The van der Waals surface area contributed by atoms with Gasteiger partial charge in [0.15, 0.2) is 11.5 Å². The number of rotatable bonds is 4. The molecule has 2 aliphatic rings. The van der Waals surface area contributed by atoms with E-state index in [2.05, 4.69) is 27.1 Å². The zero-order chi connectivity index (χ0) is 17.1. The molecule has 6 heteroatoms. The zero-order valence-electron chi connectivity index (χ0n) is 14.7. The maximum absolute atomic E-state index is 5.94. The lowest BCUT2D eigenvalue weighted by molar-refractivity contribution is 0.119. The largest absolute Gasteiger partial charge is 0.490 e. The summed E-state index contributed by atoms with van der Waals surface area (Å²) in [6.45, 7) is 9.33. The lowest BCUT2D eigenvalue weighted by Gasteiger charge is -2.34. The molecule has 1 fully saturated rings. The van der Waals surface area contributed by atoms with Crippen molar-refractivity contribution in [2.24, 2.45) is 0 Å². The van der Waals surface area contributed by atoms with E-state index >= 15 is 0 Å². The molecule has 3 heterocycles. The summed E-state index contributed by atoms with van der Waals surface area (Å²) in [4.78, 5) is 4.91. The first-order valence-electron chi connectivity index (χ1n) is 9.02. The van der Waals surface area contributed by atoms with E-state index in [0.29, 0.717) is 0 Å². The van der Waals surface area contributed by atoms with Crippen LogP contribution in [-0.2, 0) is 13.1 Å². The van der Waals surface area contributed by atoms with Gasteiger partial charge in [-0.05, 0) is 13.0 Å². The molecule has 0 unspecified atom stereocenters. The number of piperazine rings is 1. The second-order valence-electron chi connectivity index (χ2n) is 6.78. The Morgan fingerprint density at radius 1 is 1.00 bits per heavy atom. The normalized spacial score (nSPS) is 18.9. The van der Waals surface area contributed by atoms with Gasteiger partial charge in [-0.1, -0.05) is 17.3 Å². The fourth-order valence-electron chi connectivity index (χ4n) is 3.45. The average Bonchev–Trinajstić information content (AvgIpc) is 2.88. The Labute approximate surface area is 148 Å². The minimum atomic E-state index is 0.731. The SMILES string of the molecule is Cc1cc(CN2CCN(Cc3cccc4c3OCCCO4)CC2)no1. The van der Waals surface area contributed by atoms with Crippen molar-refractivity contribution in [2.75, 3.05) is 39.4 Å².